The Hall–Kier alpha value is -10.3. The summed E-state index contributed by atoms with van der Waals surface area (Å²) in [5.41, 5.74) is 7.19. The Kier molecular flexibility index (Phi) is 3.34. The predicted octanol–water partition coefficient (Wildman–Crippen LogP) is 19.1. The quantitative estimate of drug-likeness (QED) is 0.162. The van der Waals surface area contributed by atoms with Crippen LogP contribution >= 0.6 is 0 Å². The molecule has 0 N–H and O–H groups in total. The molecule has 4 heteroatoms. The molecule has 1 saturated heterocycles. The van der Waals surface area contributed by atoms with Gasteiger partial charge in [0.05, 0.1) is 22.8 Å². The lowest BCUT2D eigenvalue weighted by atomic mass is 9.47. The normalized spacial score (nSPS) is 23.1. The molecule has 0 aromatic heterocycles. The third-order valence-corrected chi connectivity index (χ3v) is 29.1. The Balaban J connectivity index is 0.954. The maximum absolute atomic E-state index is 16.9. The fraction of sp³-hybridized carbons (Fsp3) is 0.0488. The SMILES string of the molecule is O=C1c2ccccc2C(=O)c2cc(C3N(C(=O)[C]4[CH][CH][CH][CH]4)CC45c6c7c8c9c%10c%11c(c%12c%13c4c4c6c6c%14c7c7c8c8c%10c%10c%15c%11c%11c%12c%12c%13c%13c4c4c6c6c%14c%14c7c7c8c%10c8c%10c%15c%11c%11c%12c%12c%13c4c4c6c6c%14c7c8c7c%10c%11c%12c4c67)C935)ccc21. The minimum atomic E-state index is -0.839. The second-order valence-electron chi connectivity index (χ2n) is 30.0. The Bertz CT molecular complexity index is 8260. The molecule has 7 aliphatic rings. The van der Waals surface area contributed by atoms with Gasteiger partial charge < -0.3 is 4.90 Å². The van der Waals surface area contributed by atoms with Gasteiger partial charge in [-0.3, -0.25) is 14.4 Å². The molecule has 1 unspecified atom stereocenters. The van der Waals surface area contributed by atoms with Crippen LogP contribution in [0, 0.1) is 31.6 Å². The van der Waals surface area contributed by atoms with E-state index in [1.54, 1.807) is 151 Å². The zero-order valence-corrected chi connectivity index (χ0v) is 43.8. The molecule has 37 rings (SSSR count). The van der Waals surface area contributed by atoms with Gasteiger partial charge in [0.2, 0.25) is 5.91 Å². The molecule has 1 aliphatic heterocycles. The van der Waals surface area contributed by atoms with Crippen LogP contribution < -0.4 is 0 Å². The van der Waals surface area contributed by atoms with Crippen LogP contribution in [0.1, 0.15) is 65.7 Å². The van der Waals surface area contributed by atoms with Crippen molar-refractivity contribution in [3.8, 4) is 0 Å². The summed E-state index contributed by atoms with van der Waals surface area (Å²) < 4.78 is 0. The molecule has 1 heterocycles. The van der Waals surface area contributed by atoms with Crippen LogP contribution in [0.5, 0.6) is 0 Å². The van der Waals surface area contributed by atoms with Crippen LogP contribution in [0.15, 0.2) is 42.5 Å². The molecule has 1 saturated carbocycles. The van der Waals surface area contributed by atoms with Gasteiger partial charge in [-0.25, -0.2) is 0 Å². The summed E-state index contributed by atoms with van der Waals surface area (Å²) in [6.07, 6.45) is 8.14. The number of carbonyl (C=O) groups excluding carboxylic acids is 3. The van der Waals surface area contributed by atoms with Crippen LogP contribution in [0.2, 0.25) is 0 Å². The first kappa shape index (κ1) is 34.5. The fourth-order valence-electron chi connectivity index (χ4n) is 28.4. The molecule has 6 aliphatic carbocycles. The van der Waals surface area contributed by atoms with Crippen molar-refractivity contribution in [2.75, 3.05) is 6.54 Å². The third kappa shape index (κ3) is 2.04. The van der Waals surface area contributed by atoms with Crippen LogP contribution in [-0.2, 0) is 15.6 Å². The summed E-state index contributed by atoms with van der Waals surface area (Å²) in [5, 5.41) is 82.9. The number of rotatable bonds is 2. The monoisotopic (exact) mass is 1060 g/mol. The number of nitrogens with zero attached hydrogens (tertiary/aromatic N) is 1. The van der Waals surface area contributed by atoms with Crippen LogP contribution in [0.4, 0.5) is 0 Å². The van der Waals surface area contributed by atoms with Gasteiger partial charge in [-0.05, 0) is 356 Å². The van der Waals surface area contributed by atoms with Crippen molar-refractivity contribution in [3.63, 3.8) is 0 Å². The van der Waals surface area contributed by atoms with Gasteiger partial charge in [0, 0.05) is 28.8 Å². The second-order valence-corrected chi connectivity index (χ2v) is 30.0. The maximum atomic E-state index is 16.9. The minimum absolute atomic E-state index is 0.0433. The molecular weight excluding hydrogens is 1050 g/mol. The van der Waals surface area contributed by atoms with Gasteiger partial charge in [-0.15, -0.1) is 0 Å². The number of fused-ring (bicyclic) bond motifs is 2. The lowest BCUT2D eigenvalue weighted by molar-refractivity contribution is -0.129. The third-order valence-electron chi connectivity index (χ3n) is 29.1. The van der Waals surface area contributed by atoms with Crippen molar-refractivity contribution >= 4 is 308 Å². The predicted molar refractivity (Wildman–Crippen MR) is 349 cm³/mol. The van der Waals surface area contributed by atoms with Gasteiger partial charge in [-0.1, -0.05) is 30.3 Å². The molecule has 30 aromatic carbocycles. The average molecular weight is 1060 g/mol. The number of amides is 1. The highest BCUT2D eigenvalue weighted by atomic mass is 16.2. The molecule has 1 atom stereocenters. The summed E-state index contributed by atoms with van der Waals surface area (Å²) in [6, 6.07) is 13.2. The lowest BCUT2D eigenvalue weighted by Gasteiger charge is -2.51. The summed E-state index contributed by atoms with van der Waals surface area (Å²) >= 11 is 0. The first-order chi connectivity index (χ1) is 42.6. The summed E-state index contributed by atoms with van der Waals surface area (Å²) in [6.45, 7) is 0.504. The zero-order valence-electron chi connectivity index (χ0n) is 43.8. The molecule has 1 amide bonds. The van der Waals surface area contributed by atoms with E-state index in [-0.39, 0.29) is 17.5 Å². The summed E-state index contributed by atoms with van der Waals surface area (Å²) in [5.74, 6) is 0.526. The van der Waals surface area contributed by atoms with Crippen molar-refractivity contribution in [3.05, 3.63) is 124 Å². The fourth-order valence-corrected chi connectivity index (χ4v) is 28.4. The maximum Gasteiger partial charge on any atom is 0.231 e. The molecule has 30 aromatic rings. The lowest BCUT2D eigenvalue weighted by Crippen LogP contribution is -2.52. The van der Waals surface area contributed by atoms with E-state index in [4.69, 9.17) is 0 Å². The average Bonchev–Trinajstić information content (AvgIpc) is 1.38. The van der Waals surface area contributed by atoms with Crippen molar-refractivity contribution in [2.45, 2.75) is 16.9 Å². The topological polar surface area (TPSA) is 54.5 Å². The molecule has 5 radical (unpaired) electrons. The number of hydrogen-bond donors (Lipinski definition) is 0. The summed E-state index contributed by atoms with van der Waals surface area (Å²) in [4.78, 5) is 49.6. The van der Waals surface area contributed by atoms with Gasteiger partial charge >= 0.3 is 0 Å². The number of likely N-dealkylation sites (tertiary alicyclic amines) is 1. The highest BCUT2D eigenvalue weighted by Gasteiger charge is 2.77. The molecule has 0 bridgehead atoms. The Morgan fingerprint density at radius 2 is 0.570 bits per heavy atom. The highest BCUT2D eigenvalue weighted by Crippen LogP contribution is 2.87. The Morgan fingerprint density at radius 1 is 0.314 bits per heavy atom. The van der Waals surface area contributed by atoms with Crippen molar-refractivity contribution < 1.29 is 14.4 Å². The van der Waals surface area contributed by atoms with E-state index in [1.165, 1.54) is 162 Å². The Labute approximate surface area is 472 Å². The first-order valence-corrected chi connectivity index (χ1v) is 31.2. The van der Waals surface area contributed by atoms with Crippen LogP contribution in [0.25, 0.3) is 291 Å². The van der Waals surface area contributed by atoms with Crippen LogP contribution in [0.3, 0.4) is 0 Å². The number of carbonyl (C=O) groups is 3. The van der Waals surface area contributed by atoms with Gasteiger partial charge in [-0.2, -0.15) is 0 Å². The molecule has 2 fully saturated rings. The zero-order chi connectivity index (χ0) is 52.3. The number of ketones is 2. The Morgan fingerprint density at radius 3 is 0.872 bits per heavy atom. The molecule has 4 nitrogen and oxygen atoms in total. The molecule has 365 valence electrons. The number of hydrogen-bond acceptors (Lipinski definition) is 3. The van der Waals surface area contributed by atoms with E-state index in [0.29, 0.717) is 34.7 Å². The van der Waals surface area contributed by atoms with E-state index >= 15 is 9.59 Å². The van der Waals surface area contributed by atoms with Crippen molar-refractivity contribution in [1.82, 2.24) is 4.90 Å². The van der Waals surface area contributed by atoms with Gasteiger partial charge in [0.15, 0.2) is 11.6 Å². The highest BCUT2D eigenvalue weighted by molar-refractivity contribution is 6.82. The van der Waals surface area contributed by atoms with E-state index < -0.39 is 16.9 Å². The molecular formula is C82H14NO3. The molecule has 2 spiro atoms. The first-order valence-electron chi connectivity index (χ1n) is 31.2. The smallest absolute Gasteiger partial charge is 0.231 e. The van der Waals surface area contributed by atoms with Gasteiger partial charge in [0.1, 0.15) is 0 Å². The minimum Gasteiger partial charge on any atom is -0.333 e. The largest absolute Gasteiger partial charge is 0.333 e. The summed E-state index contributed by atoms with van der Waals surface area (Å²) in [7, 11) is 0. The van der Waals surface area contributed by atoms with E-state index in [1.807, 2.05) is 56.0 Å². The van der Waals surface area contributed by atoms with Crippen LogP contribution in [-0.4, -0.2) is 28.9 Å². The standard InChI is InChI=1S/C82H14NO3/c84-77-15-7-3-4-8-16(15)78(85)18-11-14(9-10-17(18)77)79-82-75-69-63-53-41-33-25-21-19-20-23-27(25)35(41)45-39-31(23)32-24(20)28-26-22(19)30-29(21)37-43(33)51-57-47(37)48-38(30)44-34(26)42-36(28)46-40(32)50-49(39)61(55(45)63)71(75)72-62(50)56(46)64-54(42)60-52(44)58(48)66-65(57)73(67(69)59(51)53)81(82,74(66)68(60)70(64)76(72)82)12-83(79)80(86)13-5-1-2-6-13/h1-11,79H,12H2. The van der Waals surface area contributed by atoms with E-state index in [2.05, 4.69) is 17.0 Å². The van der Waals surface area contributed by atoms with E-state index in [0.717, 1.165) is 5.56 Å². The van der Waals surface area contributed by atoms with Crippen molar-refractivity contribution in [1.29, 1.82) is 0 Å². The van der Waals surface area contributed by atoms with E-state index in [9.17, 15) is 4.79 Å². The van der Waals surface area contributed by atoms with Gasteiger partial charge in [0.25, 0.3) is 0 Å². The van der Waals surface area contributed by atoms with Crippen molar-refractivity contribution in [2.24, 2.45) is 0 Å². The molecule has 86 heavy (non-hydrogen) atoms. The number of benzene rings is 20. The second kappa shape index (κ2) is 8.33.